The molecule has 1 aliphatic carbocycles. The maximum Gasteiger partial charge on any atom is 0.153 e. The minimum absolute atomic E-state index is 0.629. The average molecular weight is 284 g/mol. The summed E-state index contributed by atoms with van der Waals surface area (Å²) < 4.78 is 1.96. The van der Waals surface area contributed by atoms with Crippen LogP contribution in [-0.4, -0.2) is 27.4 Å². The summed E-state index contributed by atoms with van der Waals surface area (Å²) in [5.41, 5.74) is 3.70. The molecule has 4 heteroatoms. The monoisotopic (exact) mass is 284 g/mol. The molecule has 2 aromatic heterocycles. The third-order valence-electron chi connectivity index (χ3n) is 4.19. The van der Waals surface area contributed by atoms with Gasteiger partial charge >= 0.3 is 0 Å². The van der Waals surface area contributed by atoms with E-state index in [2.05, 4.69) is 36.2 Å². The second-order valence-corrected chi connectivity index (χ2v) is 6.24. The number of nitrogens with one attached hydrogen (secondary N) is 1. The zero-order valence-corrected chi connectivity index (χ0v) is 13.1. The van der Waals surface area contributed by atoms with E-state index in [1.165, 1.54) is 24.1 Å². The number of pyridine rings is 1. The molecule has 4 nitrogen and oxygen atoms in total. The summed E-state index contributed by atoms with van der Waals surface area (Å²) in [6.45, 7) is 7.65. The third-order valence-corrected chi connectivity index (χ3v) is 4.19. The van der Waals surface area contributed by atoms with Gasteiger partial charge in [-0.25, -0.2) is 9.67 Å². The van der Waals surface area contributed by atoms with Crippen molar-refractivity contribution in [2.45, 2.75) is 46.1 Å². The van der Waals surface area contributed by atoms with Crippen LogP contribution in [0.4, 0.5) is 0 Å². The van der Waals surface area contributed by atoms with Crippen LogP contribution in [-0.2, 0) is 6.42 Å². The van der Waals surface area contributed by atoms with Crippen molar-refractivity contribution in [3.05, 3.63) is 41.3 Å². The highest BCUT2D eigenvalue weighted by Gasteiger charge is 2.22. The molecule has 0 aromatic carbocycles. The highest BCUT2D eigenvalue weighted by molar-refractivity contribution is 5.32. The van der Waals surface area contributed by atoms with E-state index in [1.54, 1.807) is 0 Å². The van der Waals surface area contributed by atoms with Gasteiger partial charge in [-0.1, -0.05) is 13.0 Å². The summed E-state index contributed by atoms with van der Waals surface area (Å²) in [5.74, 6) is 1.53. The molecule has 1 N–H and O–H groups in total. The number of aryl methyl sites for hydroxylation is 1. The van der Waals surface area contributed by atoms with Gasteiger partial charge in [-0.05, 0) is 63.3 Å². The second kappa shape index (κ2) is 5.98. The van der Waals surface area contributed by atoms with Gasteiger partial charge < -0.3 is 5.32 Å². The van der Waals surface area contributed by atoms with Gasteiger partial charge in [-0.15, -0.1) is 0 Å². The second-order valence-electron chi connectivity index (χ2n) is 6.24. The molecule has 112 valence electrons. The Bertz CT molecular complexity index is 599. The van der Waals surface area contributed by atoms with Crippen LogP contribution in [0.5, 0.6) is 0 Å². The first-order valence-electron chi connectivity index (χ1n) is 7.85. The van der Waals surface area contributed by atoms with Gasteiger partial charge in [-0.3, -0.25) is 0 Å². The van der Waals surface area contributed by atoms with Crippen LogP contribution in [0.3, 0.4) is 0 Å². The number of hydrogen-bond acceptors (Lipinski definition) is 3. The van der Waals surface area contributed by atoms with E-state index in [4.69, 9.17) is 0 Å². The summed E-state index contributed by atoms with van der Waals surface area (Å²) >= 11 is 0. The van der Waals surface area contributed by atoms with Crippen molar-refractivity contribution in [2.24, 2.45) is 5.92 Å². The number of nitrogens with zero attached hydrogens (tertiary/aromatic N) is 3. The number of rotatable bonds is 6. The molecule has 0 aliphatic heterocycles. The van der Waals surface area contributed by atoms with Crippen molar-refractivity contribution in [2.75, 3.05) is 6.54 Å². The lowest BCUT2D eigenvalue weighted by Crippen LogP contribution is -2.24. The largest absolute Gasteiger partial charge is 0.314 e. The van der Waals surface area contributed by atoms with E-state index in [1.807, 2.05) is 29.1 Å². The standard InChI is InChI=1S/C17H24N4/c1-12(11-19-15-7-8-15)10-16-13(2)20-21(14(16)3)17-6-4-5-9-18-17/h4-6,9,12,15,19H,7-8,10-11H2,1-3H3. The molecule has 21 heavy (non-hydrogen) atoms. The molecule has 1 aliphatic rings. The molecule has 2 aromatic rings. The highest BCUT2D eigenvalue weighted by Crippen LogP contribution is 2.22. The molecule has 1 atom stereocenters. The molecule has 0 spiro atoms. The molecule has 0 saturated heterocycles. The third kappa shape index (κ3) is 3.32. The van der Waals surface area contributed by atoms with Gasteiger partial charge in [0.25, 0.3) is 0 Å². The highest BCUT2D eigenvalue weighted by atomic mass is 15.3. The maximum absolute atomic E-state index is 4.67. The lowest BCUT2D eigenvalue weighted by molar-refractivity contribution is 0.507. The fourth-order valence-electron chi connectivity index (χ4n) is 2.75. The molecular formula is C17H24N4. The van der Waals surface area contributed by atoms with Crippen molar-refractivity contribution < 1.29 is 0 Å². The van der Waals surface area contributed by atoms with E-state index in [0.29, 0.717) is 5.92 Å². The first kappa shape index (κ1) is 14.3. The van der Waals surface area contributed by atoms with Crippen LogP contribution in [0.15, 0.2) is 24.4 Å². The van der Waals surface area contributed by atoms with Crippen molar-refractivity contribution in [3.8, 4) is 5.82 Å². The fraction of sp³-hybridized carbons (Fsp3) is 0.529. The molecule has 3 rings (SSSR count). The molecule has 0 amide bonds. The summed E-state index contributed by atoms with van der Waals surface area (Å²) in [5, 5.41) is 8.29. The lowest BCUT2D eigenvalue weighted by Gasteiger charge is -2.12. The van der Waals surface area contributed by atoms with Gasteiger partial charge in [-0.2, -0.15) is 5.10 Å². The van der Waals surface area contributed by atoms with E-state index in [9.17, 15) is 0 Å². The normalized spacial score (nSPS) is 16.1. The Kier molecular flexibility index (Phi) is 4.06. The van der Waals surface area contributed by atoms with Crippen LogP contribution >= 0.6 is 0 Å². The predicted octanol–water partition coefficient (Wildman–Crippen LogP) is 2.81. The first-order valence-corrected chi connectivity index (χ1v) is 7.85. The van der Waals surface area contributed by atoms with Gasteiger partial charge in [0, 0.05) is 17.9 Å². The molecule has 2 heterocycles. The Morgan fingerprint density at radius 1 is 1.33 bits per heavy atom. The summed E-state index contributed by atoms with van der Waals surface area (Å²) in [6, 6.07) is 6.72. The topological polar surface area (TPSA) is 42.7 Å². The molecule has 0 bridgehead atoms. The zero-order valence-electron chi connectivity index (χ0n) is 13.1. The van der Waals surface area contributed by atoms with E-state index < -0.39 is 0 Å². The minimum atomic E-state index is 0.629. The lowest BCUT2D eigenvalue weighted by atomic mass is 9.99. The Morgan fingerprint density at radius 2 is 2.14 bits per heavy atom. The van der Waals surface area contributed by atoms with E-state index >= 15 is 0 Å². The molecule has 1 fully saturated rings. The van der Waals surface area contributed by atoms with Gasteiger partial charge in [0.05, 0.1) is 5.69 Å². The molecule has 1 saturated carbocycles. The van der Waals surface area contributed by atoms with Crippen LogP contribution in [0.2, 0.25) is 0 Å². The van der Waals surface area contributed by atoms with Crippen molar-refractivity contribution >= 4 is 0 Å². The number of hydrogen-bond donors (Lipinski definition) is 1. The van der Waals surface area contributed by atoms with Crippen molar-refractivity contribution in [1.82, 2.24) is 20.1 Å². The van der Waals surface area contributed by atoms with Gasteiger partial charge in [0.1, 0.15) is 0 Å². The Hall–Kier alpha value is -1.68. The Morgan fingerprint density at radius 3 is 2.81 bits per heavy atom. The quantitative estimate of drug-likeness (QED) is 0.887. The first-order chi connectivity index (χ1) is 10.1. The van der Waals surface area contributed by atoms with Crippen LogP contribution in [0, 0.1) is 19.8 Å². The fourth-order valence-corrected chi connectivity index (χ4v) is 2.75. The molecule has 0 radical (unpaired) electrons. The smallest absolute Gasteiger partial charge is 0.153 e. The SMILES string of the molecule is Cc1nn(-c2ccccn2)c(C)c1CC(C)CNC1CC1. The Balaban J connectivity index is 1.74. The van der Waals surface area contributed by atoms with E-state index in [-0.39, 0.29) is 0 Å². The van der Waals surface area contributed by atoms with Gasteiger partial charge in [0.2, 0.25) is 0 Å². The van der Waals surface area contributed by atoms with E-state index in [0.717, 1.165) is 30.5 Å². The average Bonchev–Trinajstić information content (AvgIpc) is 3.28. The number of aromatic nitrogens is 3. The van der Waals surface area contributed by atoms with Crippen LogP contribution in [0.25, 0.3) is 5.82 Å². The predicted molar refractivity (Wildman–Crippen MR) is 84.7 cm³/mol. The Labute approximate surface area is 126 Å². The minimum Gasteiger partial charge on any atom is -0.314 e. The van der Waals surface area contributed by atoms with Gasteiger partial charge in [0.15, 0.2) is 5.82 Å². The maximum atomic E-state index is 4.67. The molecule has 1 unspecified atom stereocenters. The van der Waals surface area contributed by atoms with Crippen molar-refractivity contribution in [3.63, 3.8) is 0 Å². The van der Waals surface area contributed by atoms with Crippen LogP contribution < -0.4 is 5.32 Å². The van der Waals surface area contributed by atoms with Crippen molar-refractivity contribution in [1.29, 1.82) is 0 Å². The summed E-state index contributed by atoms with van der Waals surface area (Å²) in [4.78, 5) is 4.40. The summed E-state index contributed by atoms with van der Waals surface area (Å²) in [7, 11) is 0. The van der Waals surface area contributed by atoms with Crippen LogP contribution in [0.1, 0.15) is 36.7 Å². The zero-order chi connectivity index (χ0) is 14.8. The summed E-state index contributed by atoms with van der Waals surface area (Å²) in [6.07, 6.45) is 5.59. The molecular weight excluding hydrogens is 260 g/mol.